The van der Waals surface area contributed by atoms with E-state index in [9.17, 15) is 4.79 Å². The van der Waals surface area contributed by atoms with E-state index in [1.807, 2.05) is 62.3 Å². The molecule has 1 fully saturated rings. The van der Waals surface area contributed by atoms with Crippen LogP contribution in [0.1, 0.15) is 58.9 Å². The highest BCUT2D eigenvalue weighted by molar-refractivity contribution is 5.71. The molecule has 44 heavy (non-hydrogen) atoms. The number of nitrogens with zero attached hydrogens (tertiary/aromatic N) is 3. The van der Waals surface area contributed by atoms with Crippen molar-refractivity contribution in [3.05, 3.63) is 60.4 Å². The molecule has 9 heteroatoms. The van der Waals surface area contributed by atoms with E-state index in [-0.39, 0.29) is 12.1 Å². The Morgan fingerprint density at radius 3 is 2.16 bits per heavy atom. The van der Waals surface area contributed by atoms with Crippen LogP contribution < -0.4 is 23.8 Å². The predicted molar refractivity (Wildman–Crippen MR) is 173 cm³/mol. The molecule has 0 N–H and O–H groups in total. The van der Waals surface area contributed by atoms with E-state index in [0.717, 1.165) is 53.8 Å². The molecule has 2 heterocycles. The van der Waals surface area contributed by atoms with Gasteiger partial charge in [-0.1, -0.05) is 13.3 Å². The topological polar surface area (TPSA) is 82.6 Å². The molecule has 1 aromatic heterocycles. The average molecular weight is 606 g/mol. The molecule has 0 aliphatic carbocycles. The molecule has 0 bridgehead atoms. The first-order chi connectivity index (χ1) is 21.1. The number of hydrogen-bond donors (Lipinski definition) is 0. The lowest BCUT2D eigenvalue weighted by Crippen LogP contribution is -2.48. The maximum Gasteiger partial charge on any atom is 0.410 e. The van der Waals surface area contributed by atoms with Crippen LogP contribution in [0.25, 0.3) is 11.1 Å². The molecular weight excluding hydrogens is 558 g/mol. The monoisotopic (exact) mass is 605 g/mol. The van der Waals surface area contributed by atoms with Crippen molar-refractivity contribution in [3.8, 4) is 34.1 Å². The molecule has 9 nitrogen and oxygen atoms in total. The minimum absolute atomic E-state index is 0.227. The molecule has 3 aromatic rings. The van der Waals surface area contributed by atoms with Crippen LogP contribution in [-0.2, 0) is 11.3 Å². The Hall–Kier alpha value is -4.14. The van der Waals surface area contributed by atoms with Gasteiger partial charge in [0, 0.05) is 49.3 Å². The molecule has 238 valence electrons. The van der Waals surface area contributed by atoms with Gasteiger partial charge >= 0.3 is 6.09 Å². The summed E-state index contributed by atoms with van der Waals surface area (Å²) in [5.41, 5.74) is 3.51. The summed E-state index contributed by atoms with van der Waals surface area (Å²) in [7, 11) is 4.82. The highest BCUT2D eigenvalue weighted by Crippen LogP contribution is 2.41. The number of methoxy groups -OCH3 is 3. The van der Waals surface area contributed by atoms with Crippen molar-refractivity contribution in [2.75, 3.05) is 45.9 Å². The van der Waals surface area contributed by atoms with Crippen LogP contribution in [0.2, 0.25) is 0 Å². The highest BCUT2D eigenvalue weighted by atomic mass is 16.6. The van der Waals surface area contributed by atoms with Gasteiger partial charge in [-0.05, 0) is 93.6 Å². The summed E-state index contributed by atoms with van der Waals surface area (Å²) in [6, 6.07) is 14.6. The van der Waals surface area contributed by atoms with Gasteiger partial charge in [0.15, 0.2) is 11.5 Å². The SMILES string of the molecule is CCCCOc1ccc(N(Cc2cncc(-c3cc(OC)c(OC)c(OC)c3)c2)C2CCN(C(=O)OC(C)(C)C)CC2)cc1. The zero-order chi connectivity index (χ0) is 31.7. The number of unbranched alkanes of at least 4 members (excludes halogenated alkanes) is 1. The molecule has 0 unspecified atom stereocenters. The molecule has 0 radical (unpaired) electrons. The zero-order valence-electron chi connectivity index (χ0n) is 27.2. The third-order valence-corrected chi connectivity index (χ3v) is 7.64. The molecule has 0 atom stereocenters. The number of hydrogen-bond acceptors (Lipinski definition) is 8. The molecule has 2 aromatic carbocycles. The lowest BCUT2D eigenvalue weighted by atomic mass is 10.0. The Morgan fingerprint density at radius 1 is 0.932 bits per heavy atom. The van der Waals surface area contributed by atoms with E-state index < -0.39 is 5.60 Å². The lowest BCUT2D eigenvalue weighted by molar-refractivity contribution is 0.0204. The van der Waals surface area contributed by atoms with E-state index in [2.05, 4.69) is 35.0 Å². The van der Waals surface area contributed by atoms with Crippen LogP contribution in [0.3, 0.4) is 0 Å². The number of amides is 1. The summed E-state index contributed by atoms with van der Waals surface area (Å²) in [4.78, 5) is 21.6. The largest absolute Gasteiger partial charge is 0.494 e. The van der Waals surface area contributed by atoms with E-state index in [0.29, 0.717) is 43.5 Å². The number of pyridine rings is 1. The maximum atomic E-state index is 12.7. The van der Waals surface area contributed by atoms with Crippen molar-refractivity contribution in [3.63, 3.8) is 0 Å². The summed E-state index contributed by atoms with van der Waals surface area (Å²) in [6.45, 7) is 10.5. The third kappa shape index (κ3) is 8.49. The second kappa shape index (κ2) is 15.0. The van der Waals surface area contributed by atoms with E-state index in [4.69, 9.17) is 23.7 Å². The molecule has 0 spiro atoms. The molecular formula is C35H47N3O6. The van der Waals surface area contributed by atoms with Crippen LogP contribution in [0.5, 0.6) is 23.0 Å². The number of piperidine rings is 1. The van der Waals surface area contributed by atoms with Gasteiger partial charge in [-0.3, -0.25) is 4.98 Å². The van der Waals surface area contributed by atoms with Gasteiger partial charge in [-0.25, -0.2) is 4.79 Å². The van der Waals surface area contributed by atoms with Crippen LogP contribution in [0.15, 0.2) is 54.9 Å². The first-order valence-corrected chi connectivity index (χ1v) is 15.4. The molecule has 1 aliphatic rings. The summed E-state index contributed by atoms with van der Waals surface area (Å²) in [6.07, 6.45) is 7.28. The van der Waals surface area contributed by atoms with Crippen molar-refractivity contribution in [2.45, 2.75) is 71.6 Å². The number of rotatable bonds is 12. The number of anilines is 1. The smallest absolute Gasteiger partial charge is 0.410 e. The number of carbonyl (C=O) groups is 1. The van der Waals surface area contributed by atoms with Gasteiger partial charge in [0.2, 0.25) is 5.75 Å². The average Bonchev–Trinajstić information content (AvgIpc) is 3.03. The third-order valence-electron chi connectivity index (χ3n) is 7.64. The summed E-state index contributed by atoms with van der Waals surface area (Å²) >= 11 is 0. The minimum Gasteiger partial charge on any atom is -0.494 e. The number of benzene rings is 2. The summed E-state index contributed by atoms with van der Waals surface area (Å²) < 4.78 is 28.2. The number of carbonyl (C=O) groups excluding carboxylic acids is 1. The fourth-order valence-corrected chi connectivity index (χ4v) is 5.36. The molecule has 0 saturated carbocycles. The van der Waals surface area contributed by atoms with Gasteiger partial charge in [0.25, 0.3) is 0 Å². The first-order valence-electron chi connectivity index (χ1n) is 15.4. The van der Waals surface area contributed by atoms with Crippen LogP contribution in [-0.4, -0.2) is 68.6 Å². The fraction of sp³-hybridized carbons (Fsp3) is 0.486. The van der Waals surface area contributed by atoms with Gasteiger partial charge in [0.1, 0.15) is 11.4 Å². The minimum atomic E-state index is -0.517. The van der Waals surface area contributed by atoms with Crippen molar-refractivity contribution in [2.24, 2.45) is 0 Å². The Labute approximate surface area is 262 Å². The molecule has 1 saturated heterocycles. The second-order valence-corrected chi connectivity index (χ2v) is 12.0. The van der Waals surface area contributed by atoms with Crippen molar-refractivity contribution < 1.29 is 28.5 Å². The Balaban J connectivity index is 1.59. The van der Waals surface area contributed by atoms with E-state index in [1.54, 1.807) is 21.3 Å². The number of ether oxygens (including phenoxy) is 5. The second-order valence-electron chi connectivity index (χ2n) is 12.0. The Bertz CT molecular complexity index is 1340. The first kappa shape index (κ1) is 32.8. The standard InChI is InChI=1S/C35H47N3O6/c1-8-9-18-43-30-12-10-28(11-13-30)38(29-14-16-37(17-15-29)34(39)44-35(2,3)4)24-25-19-27(23-36-22-25)26-20-31(40-5)33(42-7)32(21-26)41-6/h10-13,19-23,29H,8-9,14-18,24H2,1-7H3. The molecule has 1 aliphatic heterocycles. The van der Waals surface area contributed by atoms with Crippen LogP contribution >= 0.6 is 0 Å². The summed E-state index contributed by atoms with van der Waals surface area (Å²) in [5.74, 6) is 2.60. The Kier molecular flexibility index (Phi) is 11.2. The van der Waals surface area contributed by atoms with Gasteiger partial charge in [-0.2, -0.15) is 0 Å². The quantitative estimate of drug-likeness (QED) is 0.198. The molecule has 4 rings (SSSR count). The normalized spacial score (nSPS) is 13.8. The van der Waals surface area contributed by atoms with E-state index >= 15 is 0 Å². The predicted octanol–water partition coefficient (Wildman–Crippen LogP) is 7.36. The van der Waals surface area contributed by atoms with Crippen LogP contribution in [0, 0.1) is 0 Å². The number of likely N-dealkylation sites (tertiary alicyclic amines) is 1. The van der Waals surface area contributed by atoms with Gasteiger partial charge < -0.3 is 33.5 Å². The summed E-state index contributed by atoms with van der Waals surface area (Å²) in [5, 5.41) is 0. The van der Waals surface area contributed by atoms with E-state index in [1.165, 1.54) is 0 Å². The zero-order valence-corrected chi connectivity index (χ0v) is 27.2. The highest BCUT2D eigenvalue weighted by Gasteiger charge is 2.30. The van der Waals surface area contributed by atoms with Crippen molar-refractivity contribution >= 4 is 11.8 Å². The van der Waals surface area contributed by atoms with Gasteiger partial charge in [-0.15, -0.1) is 0 Å². The molecule has 1 amide bonds. The van der Waals surface area contributed by atoms with Gasteiger partial charge in [0.05, 0.1) is 27.9 Å². The Morgan fingerprint density at radius 2 is 1.59 bits per heavy atom. The maximum absolute atomic E-state index is 12.7. The lowest BCUT2D eigenvalue weighted by Gasteiger charge is -2.40. The number of aromatic nitrogens is 1. The van der Waals surface area contributed by atoms with Crippen molar-refractivity contribution in [1.29, 1.82) is 0 Å². The van der Waals surface area contributed by atoms with Crippen LogP contribution in [0.4, 0.5) is 10.5 Å². The fourth-order valence-electron chi connectivity index (χ4n) is 5.36. The van der Waals surface area contributed by atoms with Crippen molar-refractivity contribution in [1.82, 2.24) is 9.88 Å².